The Morgan fingerprint density at radius 2 is 2.05 bits per heavy atom. The molecule has 0 spiro atoms. The summed E-state index contributed by atoms with van der Waals surface area (Å²) in [7, 11) is 1.62. The Kier molecular flexibility index (Phi) is 4.56. The molecule has 1 aliphatic heterocycles. The van der Waals surface area contributed by atoms with Gasteiger partial charge in [0.25, 0.3) is 0 Å². The van der Waals surface area contributed by atoms with E-state index >= 15 is 0 Å². The average Bonchev–Trinajstić information content (AvgIpc) is 2.48. The van der Waals surface area contributed by atoms with Crippen molar-refractivity contribution in [2.75, 3.05) is 26.9 Å². The van der Waals surface area contributed by atoms with Crippen LogP contribution in [0.4, 0.5) is 0 Å². The van der Waals surface area contributed by atoms with Gasteiger partial charge < -0.3 is 15.2 Å². The Balaban J connectivity index is 2.15. The first kappa shape index (κ1) is 14.0. The van der Waals surface area contributed by atoms with E-state index in [4.69, 9.17) is 15.2 Å². The molecule has 0 saturated carbocycles. The van der Waals surface area contributed by atoms with Gasteiger partial charge in [0.1, 0.15) is 11.5 Å². The largest absolute Gasteiger partial charge is 0.496 e. The topological polar surface area (TPSA) is 61.5 Å². The summed E-state index contributed by atoms with van der Waals surface area (Å²) in [4.78, 5) is 12.6. The van der Waals surface area contributed by atoms with Crippen LogP contribution in [0, 0.1) is 5.41 Å². The highest BCUT2D eigenvalue weighted by atomic mass is 16.5. The summed E-state index contributed by atoms with van der Waals surface area (Å²) in [6.45, 7) is 1.63. The van der Waals surface area contributed by atoms with Gasteiger partial charge in [-0.3, -0.25) is 4.79 Å². The third-order valence-electron chi connectivity index (χ3n) is 3.98. The molecular formula is C15H21NO3. The summed E-state index contributed by atoms with van der Waals surface area (Å²) in [5.74, 6) is 0.956. The minimum absolute atomic E-state index is 0.197. The third-order valence-corrected chi connectivity index (χ3v) is 3.98. The highest BCUT2D eigenvalue weighted by molar-refractivity contribution is 5.87. The van der Waals surface area contributed by atoms with Gasteiger partial charge in [-0.05, 0) is 18.9 Å². The second-order valence-electron chi connectivity index (χ2n) is 5.01. The smallest absolute Gasteiger partial charge is 0.144 e. The molecule has 1 heterocycles. The summed E-state index contributed by atoms with van der Waals surface area (Å²) < 4.78 is 10.6. The number of carbonyl (C=O) groups excluding carboxylic acids is 1. The molecule has 1 fully saturated rings. The fourth-order valence-corrected chi connectivity index (χ4v) is 2.57. The molecule has 2 rings (SSSR count). The monoisotopic (exact) mass is 263 g/mol. The Morgan fingerprint density at radius 1 is 1.37 bits per heavy atom. The summed E-state index contributed by atoms with van der Waals surface area (Å²) in [6, 6.07) is 7.63. The molecule has 0 aromatic heterocycles. The number of methoxy groups -OCH3 is 1. The Labute approximate surface area is 113 Å². The summed E-state index contributed by atoms with van der Waals surface area (Å²) in [5.41, 5.74) is 6.36. The van der Waals surface area contributed by atoms with Gasteiger partial charge in [-0.1, -0.05) is 18.2 Å². The van der Waals surface area contributed by atoms with E-state index in [9.17, 15) is 4.79 Å². The number of ether oxygens (including phenoxy) is 2. The lowest BCUT2D eigenvalue weighted by atomic mass is 9.74. The van der Waals surface area contributed by atoms with Gasteiger partial charge in [-0.15, -0.1) is 0 Å². The number of carbonyl (C=O) groups is 1. The molecule has 0 amide bonds. The zero-order valence-corrected chi connectivity index (χ0v) is 11.4. The van der Waals surface area contributed by atoms with Gasteiger partial charge >= 0.3 is 0 Å². The number of Topliss-reactive ketones (excluding diaryl/α,β-unsaturated/α-hetero) is 1. The molecule has 0 radical (unpaired) electrons. The van der Waals surface area contributed by atoms with Gasteiger partial charge in [0, 0.05) is 37.2 Å². The summed E-state index contributed by atoms with van der Waals surface area (Å²) in [6.07, 6.45) is 1.82. The number of ketones is 1. The Hall–Kier alpha value is -1.39. The molecule has 4 heteroatoms. The van der Waals surface area contributed by atoms with Crippen LogP contribution in [0.1, 0.15) is 18.4 Å². The van der Waals surface area contributed by atoms with Crippen LogP contribution < -0.4 is 10.5 Å². The average molecular weight is 263 g/mol. The molecule has 0 aliphatic carbocycles. The zero-order chi connectivity index (χ0) is 13.7. The van der Waals surface area contributed by atoms with E-state index < -0.39 is 5.41 Å². The van der Waals surface area contributed by atoms with Crippen molar-refractivity contribution >= 4 is 5.78 Å². The molecule has 1 aromatic carbocycles. The minimum Gasteiger partial charge on any atom is -0.496 e. The van der Waals surface area contributed by atoms with E-state index in [1.165, 1.54) is 0 Å². The Bertz CT molecular complexity index is 439. The highest BCUT2D eigenvalue weighted by Gasteiger charge is 2.38. The van der Waals surface area contributed by atoms with Gasteiger partial charge in [-0.25, -0.2) is 0 Å². The molecule has 0 bridgehead atoms. The number of nitrogens with two attached hydrogens (primary N) is 1. The molecule has 4 nitrogen and oxygen atoms in total. The van der Waals surface area contributed by atoms with Crippen LogP contribution in [-0.4, -0.2) is 32.7 Å². The lowest BCUT2D eigenvalue weighted by Gasteiger charge is -2.34. The first-order chi connectivity index (χ1) is 9.22. The van der Waals surface area contributed by atoms with Gasteiger partial charge in [-0.2, -0.15) is 0 Å². The number of para-hydroxylation sites is 1. The first-order valence-corrected chi connectivity index (χ1v) is 6.65. The lowest BCUT2D eigenvalue weighted by Crippen LogP contribution is -2.44. The van der Waals surface area contributed by atoms with Gasteiger partial charge in [0.15, 0.2) is 0 Å². The second kappa shape index (κ2) is 6.17. The van der Waals surface area contributed by atoms with Crippen molar-refractivity contribution in [2.45, 2.75) is 19.3 Å². The van der Waals surface area contributed by atoms with E-state index in [0.717, 1.165) is 24.2 Å². The van der Waals surface area contributed by atoms with Crippen LogP contribution >= 0.6 is 0 Å². The molecule has 0 unspecified atom stereocenters. The molecule has 19 heavy (non-hydrogen) atoms. The first-order valence-electron chi connectivity index (χ1n) is 6.65. The number of hydrogen-bond donors (Lipinski definition) is 1. The van der Waals surface area contributed by atoms with Crippen LogP contribution in [0.2, 0.25) is 0 Å². The molecule has 1 aromatic rings. The number of rotatable bonds is 5. The van der Waals surface area contributed by atoms with E-state index in [1.54, 1.807) is 7.11 Å². The number of benzene rings is 1. The molecule has 2 N–H and O–H groups in total. The number of hydrogen-bond acceptors (Lipinski definition) is 4. The van der Waals surface area contributed by atoms with Crippen LogP contribution in [0.3, 0.4) is 0 Å². The molecule has 0 atom stereocenters. The Morgan fingerprint density at radius 3 is 2.68 bits per heavy atom. The predicted molar refractivity (Wildman–Crippen MR) is 73.2 cm³/mol. The van der Waals surface area contributed by atoms with Crippen molar-refractivity contribution in [2.24, 2.45) is 11.1 Å². The van der Waals surface area contributed by atoms with Crippen LogP contribution in [0.5, 0.6) is 5.75 Å². The third kappa shape index (κ3) is 2.96. The normalized spacial score (nSPS) is 18.0. The van der Waals surface area contributed by atoms with E-state index in [2.05, 4.69) is 0 Å². The zero-order valence-electron chi connectivity index (χ0n) is 11.4. The maximum atomic E-state index is 12.6. The second-order valence-corrected chi connectivity index (χ2v) is 5.01. The maximum absolute atomic E-state index is 12.6. The maximum Gasteiger partial charge on any atom is 0.144 e. The van der Waals surface area contributed by atoms with Gasteiger partial charge in [0.2, 0.25) is 0 Å². The van der Waals surface area contributed by atoms with Crippen molar-refractivity contribution in [1.82, 2.24) is 0 Å². The SMILES string of the molecule is COc1ccccc1CC(=O)C1(CN)CCOCC1. The summed E-state index contributed by atoms with van der Waals surface area (Å²) in [5, 5.41) is 0. The van der Waals surface area contributed by atoms with Crippen molar-refractivity contribution in [3.63, 3.8) is 0 Å². The van der Waals surface area contributed by atoms with Gasteiger partial charge in [0.05, 0.1) is 7.11 Å². The molecule has 1 aliphatic rings. The molecule has 104 valence electrons. The van der Waals surface area contributed by atoms with E-state index in [-0.39, 0.29) is 5.78 Å². The highest BCUT2D eigenvalue weighted by Crippen LogP contribution is 2.32. The van der Waals surface area contributed by atoms with Crippen molar-refractivity contribution in [1.29, 1.82) is 0 Å². The van der Waals surface area contributed by atoms with Crippen LogP contribution in [0.15, 0.2) is 24.3 Å². The minimum atomic E-state index is -0.418. The van der Waals surface area contributed by atoms with Crippen molar-refractivity contribution in [3.8, 4) is 5.75 Å². The lowest BCUT2D eigenvalue weighted by molar-refractivity contribution is -0.132. The van der Waals surface area contributed by atoms with Crippen molar-refractivity contribution in [3.05, 3.63) is 29.8 Å². The van der Waals surface area contributed by atoms with E-state index in [1.807, 2.05) is 24.3 Å². The quantitative estimate of drug-likeness (QED) is 0.875. The van der Waals surface area contributed by atoms with Crippen LogP contribution in [-0.2, 0) is 16.0 Å². The predicted octanol–water partition coefficient (Wildman–Crippen LogP) is 1.56. The van der Waals surface area contributed by atoms with E-state index in [0.29, 0.717) is 26.2 Å². The fraction of sp³-hybridized carbons (Fsp3) is 0.533. The fourth-order valence-electron chi connectivity index (χ4n) is 2.57. The summed E-state index contributed by atoms with van der Waals surface area (Å²) >= 11 is 0. The molecule has 1 saturated heterocycles. The van der Waals surface area contributed by atoms with Crippen LogP contribution in [0.25, 0.3) is 0 Å². The molecular weight excluding hydrogens is 242 g/mol. The van der Waals surface area contributed by atoms with Crippen molar-refractivity contribution < 1.29 is 14.3 Å². The standard InChI is InChI=1S/C15H21NO3/c1-18-13-5-3-2-4-12(13)10-14(17)15(11-16)6-8-19-9-7-15/h2-5H,6-11,16H2,1H3.